The first-order chi connectivity index (χ1) is 10.5. The molecule has 1 fully saturated rings. The number of carbonyl (C=O) groups is 2. The van der Waals surface area contributed by atoms with Gasteiger partial charge in [-0.1, -0.05) is 15.9 Å². The van der Waals surface area contributed by atoms with Gasteiger partial charge in [0.15, 0.2) is 0 Å². The molecule has 0 spiro atoms. The van der Waals surface area contributed by atoms with Crippen molar-refractivity contribution >= 4 is 44.9 Å². The minimum absolute atomic E-state index is 0.321. The number of hydrogen-bond acceptors (Lipinski definition) is 3. The van der Waals surface area contributed by atoms with Crippen LogP contribution in [0.15, 0.2) is 39.7 Å². The second kappa shape index (κ2) is 5.78. The summed E-state index contributed by atoms with van der Waals surface area (Å²) in [5, 5.41) is 1.95. The van der Waals surface area contributed by atoms with E-state index in [-0.39, 0.29) is 11.1 Å². The van der Waals surface area contributed by atoms with Crippen LogP contribution in [0, 0.1) is 13.8 Å². The van der Waals surface area contributed by atoms with Gasteiger partial charge in [0, 0.05) is 21.5 Å². The first-order valence-electron chi connectivity index (χ1n) is 6.65. The van der Waals surface area contributed by atoms with Crippen molar-refractivity contribution in [1.29, 1.82) is 0 Å². The summed E-state index contributed by atoms with van der Waals surface area (Å²) in [5.74, 6) is -0.330. The molecule has 0 radical (unpaired) electrons. The summed E-state index contributed by atoms with van der Waals surface area (Å²) in [6.45, 7) is 4.02. The van der Waals surface area contributed by atoms with Crippen LogP contribution < -0.4 is 5.32 Å². The van der Waals surface area contributed by atoms with Crippen LogP contribution in [0.25, 0.3) is 11.8 Å². The Labute approximate surface area is 140 Å². The molecule has 0 aliphatic carbocycles. The standard InChI is InChI=1S/C16H13BrN2O2S/c1-9-7-11(8-14-15(20)18-16(21)22-14)10(2)19(9)13-5-3-12(17)4-6-13/h3-8H,1-2H3,(H,18,20,21). The van der Waals surface area contributed by atoms with Crippen LogP contribution in [-0.4, -0.2) is 15.7 Å². The average molecular weight is 377 g/mol. The molecule has 0 saturated carbocycles. The molecule has 2 amide bonds. The van der Waals surface area contributed by atoms with Crippen molar-refractivity contribution in [3.63, 3.8) is 0 Å². The molecule has 0 bridgehead atoms. The van der Waals surface area contributed by atoms with Gasteiger partial charge in [0.25, 0.3) is 11.1 Å². The van der Waals surface area contributed by atoms with Gasteiger partial charge in [0.1, 0.15) is 0 Å². The number of imide groups is 1. The molecule has 112 valence electrons. The van der Waals surface area contributed by atoms with E-state index in [9.17, 15) is 9.59 Å². The van der Waals surface area contributed by atoms with Crippen LogP contribution in [0.2, 0.25) is 0 Å². The van der Waals surface area contributed by atoms with Gasteiger partial charge < -0.3 is 4.57 Å². The highest BCUT2D eigenvalue weighted by Gasteiger charge is 2.25. The average Bonchev–Trinajstić information content (AvgIpc) is 2.92. The first-order valence-corrected chi connectivity index (χ1v) is 8.26. The minimum atomic E-state index is -0.330. The predicted octanol–water partition coefficient (Wildman–Crippen LogP) is 4.18. The van der Waals surface area contributed by atoms with E-state index in [0.29, 0.717) is 4.91 Å². The third-order valence-corrected chi connectivity index (χ3v) is 4.82. The smallest absolute Gasteiger partial charge is 0.290 e. The van der Waals surface area contributed by atoms with Crippen molar-refractivity contribution < 1.29 is 9.59 Å². The van der Waals surface area contributed by atoms with Crippen molar-refractivity contribution in [2.24, 2.45) is 0 Å². The fraction of sp³-hybridized carbons (Fsp3) is 0.125. The number of rotatable bonds is 2. The van der Waals surface area contributed by atoms with E-state index >= 15 is 0 Å². The summed E-state index contributed by atoms with van der Waals surface area (Å²) in [6, 6.07) is 10.1. The fourth-order valence-electron chi connectivity index (χ4n) is 2.48. The molecule has 0 unspecified atom stereocenters. The van der Waals surface area contributed by atoms with Gasteiger partial charge in [0.05, 0.1) is 4.91 Å². The molecule has 1 aromatic carbocycles. The number of benzene rings is 1. The zero-order valence-electron chi connectivity index (χ0n) is 12.0. The third kappa shape index (κ3) is 2.76. The Morgan fingerprint density at radius 2 is 1.86 bits per heavy atom. The SMILES string of the molecule is Cc1cc(C=C2SC(=O)NC2=O)c(C)n1-c1ccc(Br)cc1. The second-order valence-electron chi connectivity index (χ2n) is 4.99. The number of carbonyl (C=O) groups excluding carboxylic acids is 2. The van der Waals surface area contributed by atoms with Crippen molar-refractivity contribution in [3.05, 3.63) is 56.7 Å². The summed E-state index contributed by atoms with van der Waals surface area (Å²) in [7, 11) is 0. The lowest BCUT2D eigenvalue weighted by Crippen LogP contribution is -2.17. The molecule has 1 N–H and O–H groups in total. The van der Waals surface area contributed by atoms with Crippen molar-refractivity contribution in [2.75, 3.05) is 0 Å². The van der Waals surface area contributed by atoms with E-state index in [2.05, 4.69) is 25.8 Å². The number of amides is 2. The van der Waals surface area contributed by atoms with E-state index in [4.69, 9.17) is 0 Å². The molecule has 2 aromatic rings. The predicted molar refractivity (Wildman–Crippen MR) is 92.0 cm³/mol. The van der Waals surface area contributed by atoms with Crippen LogP contribution in [0.5, 0.6) is 0 Å². The Kier molecular flexibility index (Phi) is 3.97. The largest absolute Gasteiger partial charge is 0.318 e. The Morgan fingerprint density at radius 1 is 1.18 bits per heavy atom. The molecule has 22 heavy (non-hydrogen) atoms. The lowest BCUT2D eigenvalue weighted by atomic mass is 10.2. The summed E-state index contributed by atoms with van der Waals surface area (Å²) < 4.78 is 3.15. The van der Waals surface area contributed by atoms with Crippen LogP contribution >= 0.6 is 27.7 Å². The molecule has 4 nitrogen and oxygen atoms in total. The Morgan fingerprint density at radius 3 is 2.45 bits per heavy atom. The summed E-state index contributed by atoms with van der Waals surface area (Å²) >= 11 is 4.37. The van der Waals surface area contributed by atoms with Crippen molar-refractivity contribution in [3.8, 4) is 5.69 Å². The van der Waals surface area contributed by atoms with Gasteiger partial charge in [-0.25, -0.2) is 0 Å². The maximum Gasteiger partial charge on any atom is 0.290 e. The first kappa shape index (κ1) is 15.1. The molecule has 1 aromatic heterocycles. The molecule has 1 aliphatic heterocycles. The maximum atomic E-state index is 11.7. The normalized spacial score (nSPS) is 16.4. The van der Waals surface area contributed by atoms with E-state index < -0.39 is 0 Å². The molecule has 3 rings (SSSR count). The third-order valence-electron chi connectivity index (χ3n) is 3.48. The highest BCUT2D eigenvalue weighted by atomic mass is 79.9. The maximum absolute atomic E-state index is 11.7. The number of aromatic nitrogens is 1. The molecule has 1 aliphatic rings. The number of thioether (sulfide) groups is 1. The Balaban J connectivity index is 2.04. The summed E-state index contributed by atoms with van der Waals surface area (Å²) in [4.78, 5) is 23.3. The quantitative estimate of drug-likeness (QED) is 0.799. The minimum Gasteiger partial charge on any atom is -0.318 e. The monoisotopic (exact) mass is 376 g/mol. The van der Waals surface area contributed by atoms with Crippen LogP contribution in [-0.2, 0) is 4.79 Å². The zero-order chi connectivity index (χ0) is 15.9. The van der Waals surface area contributed by atoms with Gasteiger partial charge in [0.2, 0.25) is 0 Å². The summed E-state index contributed by atoms with van der Waals surface area (Å²) in [6.07, 6.45) is 1.77. The van der Waals surface area contributed by atoms with E-state index in [0.717, 1.165) is 38.9 Å². The van der Waals surface area contributed by atoms with E-state index in [1.807, 2.05) is 44.2 Å². The lowest BCUT2D eigenvalue weighted by molar-refractivity contribution is -0.115. The molecule has 0 atom stereocenters. The van der Waals surface area contributed by atoms with Crippen LogP contribution in [0.3, 0.4) is 0 Å². The fourth-order valence-corrected chi connectivity index (χ4v) is 3.42. The number of nitrogens with zero attached hydrogens (tertiary/aromatic N) is 1. The topological polar surface area (TPSA) is 51.1 Å². The Bertz CT molecular complexity index is 806. The number of hydrogen-bond donors (Lipinski definition) is 1. The van der Waals surface area contributed by atoms with Crippen molar-refractivity contribution in [2.45, 2.75) is 13.8 Å². The van der Waals surface area contributed by atoms with Crippen LogP contribution in [0.4, 0.5) is 4.79 Å². The molecule has 2 heterocycles. The van der Waals surface area contributed by atoms with Gasteiger partial charge in [-0.2, -0.15) is 0 Å². The number of nitrogens with one attached hydrogen (secondary N) is 1. The molecular weight excluding hydrogens is 364 g/mol. The number of halogens is 1. The van der Waals surface area contributed by atoms with Crippen molar-refractivity contribution in [1.82, 2.24) is 9.88 Å². The van der Waals surface area contributed by atoms with Crippen LogP contribution in [0.1, 0.15) is 17.0 Å². The molecule has 6 heteroatoms. The van der Waals surface area contributed by atoms with Gasteiger partial charge in [-0.3, -0.25) is 14.9 Å². The zero-order valence-corrected chi connectivity index (χ0v) is 14.4. The molecule has 1 saturated heterocycles. The van der Waals surface area contributed by atoms with E-state index in [1.165, 1.54) is 0 Å². The second-order valence-corrected chi connectivity index (χ2v) is 6.92. The lowest BCUT2D eigenvalue weighted by Gasteiger charge is -2.09. The Hall–Kier alpha value is -1.79. The summed E-state index contributed by atoms with van der Waals surface area (Å²) in [5.41, 5.74) is 4.09. The number of aryl methyl sites for hydroxylation is 1. The highest BCUT2D eigenvalue weighted by Crippen LogP contribution is 2.29. The van der Waals surface area contributed by atoms with Gasteiger partial charge >= 0.3 is 0 Å². The van der Waals surface area contributed by atoms with E-state index in [1.54, 1.807) is 6.08 Å². The molecular formula is C16H13BrN2O2S. The van der Waals surface area contributed by atoms with Gasteiger partial charge in [-0.15, -0.1) is 0 Å². The van der Waals surface area contributed by atoms with Gasteiger partial charge in [-0.05, 0) is 67.6 Å². The highest BCUT2D eigenvalue weighted by molar-refractivity contribution is 9.10.